The van der Waals surface area contributed by atoms with E-state index >= 15 is 0 Å². The Morgan fingerprint density at radius 2 is 1.84 bits per heavy atom. The lowest BCUT2D eigenvalue weighted by Gasteiger charge is -2.32. The molecule has 1 unspecified atom stereocenters. The predicted octanol–water partition coefficient (Wildman–Crippen LogP) is 5.03. The van der Waals surface area contributed by atoms with Crippen LogP contribution in [0.1, 0.15) is 52.9 Å². The number of pyridine rings is 1. The summed E-state index contributed by atoms with van der Waals surface area (Å²) in [7, 11) is 0. The highest BCUT2D eigenvalue weighted by molar-refractivity contribution is 6.30. The van der Waals surface area contributed by atoms with E-state index in [1.165, 1.54) is 17.2 Å². The van der Waals surface area contributed by atoms with Crippen molar-refractivity contribution >= 4 is 29.1 Å². The Kier molecular flexibility index (Phi) is 6.92. The Balaban J connectivity index is 1.31. The number of anilines is 1. The lowest BCUT2D eigenvalue weighted by Crippen LogP contribution is -2.45. The third-order valence-corrected chi connectivity index (χ3v) is 7.65. The number of carbonyl (C=O) groups is 2. The molecule has 2 amide bonds. The number of halogens is 4. The topological polar surface area (TPSA) is 82.5 Å². The molecule has 2 heterocycles. The van der Waals surface area contributed by atoms with Crippen molar-refractivity contribution in [2.24, 2.45) is 5.92 Å². The second-order valence-corrected chi connectivity index (χ2v) is 10.3. The smallest absolute Gasteiger partial charge is 0.268 e. The zero-order chi connectivity index (χ0) is 27.2. The van der Waals surface area contributed by atoms with Gasteiger partial charge >= 0.3 is 0 Å². The van der Waals surface area contributed by atoms with Gasteiger partial charge in [0.1, 0.15) is 5.82 Å². The molecule has 1 aromatic heterocycles. The van der Waals surface area contributed by atoms with Crippen molar-refractivity contribution in [1.29, 1.82) is 0 Å². The van der Waals surface area contributed by atoms with Gasteiger partial charge in [0, 0.05) is 36.0 Å². The largest absolute Gasteiger partial charge is 0.372 e. The summed E-state index contributed by atoms with van der Waals surface area (Å²) in [6.07, 6.45) is 4.19. The first-order valence-electron chi connectivity index (χ1n) is 12.3. The number of aromatic nitrogens is 1. The van der Waals surface area contributed by atoms with Gasteiger partial charge in [-0.3, -0.25) is 14.6 Å². The Bertz CT molecular complexity index is 1430. The summed E-state index contributed by atoms with van der Waals surface area (Å²) in [5.41, 5.74) is -1.89. The zero-order valence-electron chi connectivity index (χ0n) is 20.5. The number of hydrogen-bond acceptors (Lipinski definition) is 4. The number of benzene rings is 2. The average Bonchev–Trinajstić information content (AvgIpc) is 3.11. The van der Waals surface area contributed by atoms with Crippen LogP contribution in [0.15, 0.2) is 48.7 Å². The molecule has 0 saturated heterocycles. The molecule has 10 heteroatoms. The number of nitrogens with one attached hydrogen (secondary N) is 1. The first-order valence-corrected chi connectivity index (χ1v) is 12.7. The third kappa shape index (κ3) is 4.54. The van der Waals surface area contributed by atoms with E-state index in [0.717, 1.165) is 0 Å². The van der Waals surface area contributed by atoms with Gasteiger partial charge < -0.3 is 15.3 Å². The minimum Gasteiger partial charge on any atom is -0.372 e. The molecule has 5 rings (SSSR count). The van der Waals surface area contributed by atoms with Gasteiger partial charge in [0.15, 0.2) is 17.2 Å². The molecule has 3 aromatic rings. The van der Waals surface area contributed by atoms with Crippen LogP contribution >= 0.6 is 11.6 Å². The molecule has 1 aliphatic carbocycles. The molecular formula is C28H25ClF3N3O3. The molecule has 2 aromatic carbocycles. The van der Waals surface area contributed by atoms with E-state index in [-0.39, 0.29) is 30.0 Å². The van der Waals surface area contributed by atoms with E-state index < -0.39 is 34.5 Å². The fourth-order valence-corrected chi connectivity index (χ4v) is 5.60. The minimum absolute atomic E-state index is 0.0335. The highest BCUT2D eigenvalue weighted by atomic mass is 35.5. The number of fused-ring (bicyclic) bond motifs is 1. The van der Waals surface area contributed by atoms with Gasteiger partial charge in [-0.1, -0.05) is 29.8 Å². The van der Waals surface area contributed by atoms with Crippen molar-refractivity contribution in [3.63, 3.8) is 0 Å². The summed E-state index contributed by atoms with van der Waals surface area (Å²) in [5.74, 6) is -5.13. The van der Waals surface area contributed by atoms with Crippen LogP contribution in [0.5, 0.6) is 0 Å². The molecule has 6 nitrogen and oxygen atoms in total. The Hall–Kier alpha value is -3.43. The number of rotatable bonds is 5. The maximum atomic E-state index is 14.7. The zero-order valence-corrected chi connectivity index (χ0v) is 21.2. The fourth-order valence-electron chi connectivity index (χ4n) is 5.44. The van der Waals surface area contributed by atoms with Crippen LogP contribution in [0.2, 0.25) is 5.02 Å². The van der Waals surface area contributed by atoms with Gasteiger partial charge in [0.05, 0.1) is 22.0 Å². The predicted molar refractivity (Wildman–Crippen MR) is 135 cm³/mol. The standard InChI is InChI=1S/C28H25ClF3N3O3/c1-15-20(10-17(29)13-33-15)26(36)34-19-8-6-16(7-9-19)14-35-24-5-3-2-4-21(24)28(38,27(35)37)22-11-18(30)12-23(31)25(22)32/h2-5,10-13,16,19,38H,6-9,14H2,1H3,(H,34,36)/t16-,19-,28?. The van der Waals surface area contributed by atoms with Crippen LogP contribution in [0.3, 0.4) is 0 Å². The molecule has 0 radical (unpaired) electrons. The number of aryl methyl sites for hydroxylation is 1. The van der Waals surface area contributed by atoms with Gasteiger partial charge in [-0.05, 0) is 56.7 Å². The van der Waals surface area contributed by atoms with Crippen LogP contribution in [-0.4, -0.2) is 34.5 Å². The monoisotopic (exact) mass is 543 g/mol. The number of carbonyl (C=O) groups excluding carboxylic acids is 2. The molecule has 1 fully saturated rings. The normalized spacial score (nSPS) is 22.9. The van der Waals surface area contributed by atoms with Crippen molar-refractivity contribution < 1.29 is 27.9 Å². The lowest BCUT2D eigenvalue weighted by atomic mass is 9.85. The van der Waals surface area contributed by atoms with Crippen LogP contribution in [0, 0.1) is 30.3 Å². The summed E-state index contributed by atoms with van der Waals surface area (Å²) in [5, 5.41) is 14.9. The van der Waals surface area contributed by atoms with Crippen molar-refractivity contribution in [3.8, 4) is 0 Å². The maximum absolute atomic E-state index is 14.7. The second-order valence-electron chi connectivity index (χ2n) is 9.87. The molecule has 1 aliphatic heterocycles. The summed E-state index contributed by atoms with van der Waals surface area (Å²) in [6.45, 7) is 1.97. The Morgan fingerprint density at radius 1 is 1.13 bits per heavy atom. The second kappa shape index (κ2) is 10.0. The Labute approximate surface area is 222 Å². The molecule has 0 bridgehead atoms. The van der Waals surface area contributed by atoms with E-state index in [2.05, 4.69) is 10.3 Å². The highest BCUT2D eigenvalue weighted by Gasteiger charge is 2.53. The molecule has 1 saturated carbocycles. The van der Waals surface area contributed by atoms with E-state index in [9.17, 15) is 27.9 Å². The van der Waals surface area contributed by atoms with E-state index in [1.54, 1.807) is 31.2 Å². The van der Waals surface area contributed by atoms with E-state index in [0.29, 0.717) is 59.8 Å². The quantitative estimate of drug-likeness (QED) is 0.442. The molecular weight excluding hydrogens is 519 g/mol. The van der Waals surface area contributed by atoms with Gasteiger partial charge in [0.2, 0.25) is 0 Å². The van der Waals surface area contributed by atoms with Crippen molar-refractivity contribution in [2.45, 2.75) is 44.2 Å². The fraction of sp³-hybridized carbons (Fsp3) is 0.321. The molecule has 1 atom stereocenters. The summed E-state index contributed by atoms with van der Waals surface area (Å²) in [6, 6.07) is 8.84. The van der Waals surface area contributed by atoms with Gasteiger partial charge in [-0.25, -0.2) is 13.2 Å². The van der Waals surface area contributed by atoms with Crippen molar-refractivity contribution in [3.05, 3.63) is 93.5 Å². The maximum Gasteiger partial charge on any atom is 0.268 e. The van der Waals surface area contributed by atoms with Crippen LogP contribution < -0.4 is 10.2 Å². The van der Waals surface area contributed by atoms with Crippen LogP contribution in [0.25, 0.3) is 0 Å². The number of nitrogens with zero attached hydrogens (tertiary/aromatic N) is 2. The highest BCUT2D eigenvalue weighted by Crippen LogP contribution is 2.46. The number of aliphatic hydroxyl groups is 1. The minimum atomic E-state index is -2.56. The average molecular weight is 544 g/mol. The number of amides is 2. The van der Waals surface area contributed by atoms with E-state index in [1.807, 2.05) is 0 Å². The number of para-hydroxylation sites is 1. The summed E-state index contributed by atoms with van der Waals surface area (Å²) >= 11 is 5.98. The summed E-state index contributed by atoms with van der Waals surface area (Å²) < 4.78 is 42.8. The van der Waals surface area contributed by atoms with Gasteiger partial charge in [0.25, 0.3) is 11.8 Å². The summed E-state index contributed by atoms with van der Waals surface area (Å²) in [4.78, 5) is 31.8. The van der Waals surface area contributed by atoms with Crippen LogP contribution in [0.4, 0.5) is 18.9 Å². The van der Waals surface area contributed by atoms with Crippen LogP contribution in [-0.2, 0) is 10.4 Å². The van der Waals surface area contributed by atoms with Crippen molar-refractivity contribution in [1.82, 2.24) is 10.3 Å². The molecule has 2 aliphatic rings. The Morgan fingerprint density at radius 3 is 2.58 bits per heavy atom. The third-order valence-electron chi connectivity index (χ3n) is 7.44. The lowest BCUT2D eigenvalue weighted by molar-refractivity contribution is -0.132. The van der Waals surface area contributed by atoms with Gasteiger partial charge in [-0.15, -0.1) is 0 Å². The molecule has 198 valence electrons. The first kappa shape index (κ1) is 26.2. The van der Waals surface area contributed by atoms with Gasteiger partial charge in [-0.2, -0.15) is 0 Å². The number of hydrogen-bond donors (Lipinski definition) is 2. The SMILES string of the molecule is Cc1ncc(Cl)cc1C(=O)N[C@H]1CC[C@H](CN2C(=O)C(O)(c3cc(F)cc(F)c3F)c3ccccc32)CC1. The van der Waals surface area contributed by atoms with Crippen molar-refractivity contribution in [2.75, 3.05) is 11.4 Å². The molecule has 2 N–H and O–H groups in total. The molecule has 0 spiro atoms. The van der Waals surface area contributed by atoms with E-state index in [4.69, 9.17) is 11.6 Å². The molecule has 38 heavy (non-hydrogen) atoms. The first-order chi connectivity index (χ1) is 18.1.